The van der Waals surface area contributed by atoms with Crippen LogP contribution in [0, 0.1) is 0 Å². The second-order valence-electron chi connectivity index (χ2n) is 4.21. The molecule has 0 radical (unpaired) electrons. The lowest BCUT2D eigenvalue weighted by Crippen LogP contribution is -1.97. The molecule has 1 nitrogen and oxygen atoms in total. The maximum Gasteiger partial charge on any atom is 0.133 e. The van der Waals surface area contributed by atoms with E-state index in [1.165, 1.54) is 11.1 Å². The fourth-order valence-corrected chi connectivity index (χ4v) is 2.25. The summed E-state index contributed by atoms with van der Waals surface area (Å²) in [5.41, 5.74) is 2.42. The van der Waals surface area contributed by atoms with Gasteiger partial charge in [-0.2, -0.15) is 0 Å². The molecule has 94 valence electrons. The van der Waals surface area contributed by atoms with Crippen molar-refractivity contribution in [3.05, 3.63) is 53.0 Å². The highest BCUT2D eigenvalue weighted by Crippen LogP contribution is 2.30. The fraction of sp³-hybridized carbons (Fsp3) is 0.250. The lowest BCUT2D eigenvalue weighted by molar-refractivity contribution is 0.307. The standard InChI is InChI=1S/C16H17BrO/c1-2-3-11-18-16-10-9-14(12-15(16)17)13-7-5-4-6-8-13/h4-10,12H,2-3,11H2,1H3. The Balaban J connectivity index is 2.15. The summed E-state index contributed by atoms with van der Waals surface area (Å²) in [6.07, 6.45) is 2.24. The van der Waals surface area contributed by atoms with Crippen LogP contribution in [-0.2, 0) is 0 Å². The Morgan fingerprint density at radius 2 is 1.78 bits per heavy atom. The van der Waals surface area contributed by atoms with Crippen LogP contribution in [0.5, 0.6) is 5.75 Å². The number of ether oxygens (including phenoxy) is 1. The number of unbranched alkanes of at least 4 members (excludes halogenated alkanes) is 1. The topological polar surface area (TPSA) is 9.23 Å². The van der Waals surface area contributed by atoms with Crippen molar-refractivity contribution in [2.24, 2.45) is 0 Å². The lowest BCUT2D eigenvalue weighted by atomic mass is 10.1. The van der Waals surface area contributed by atoms with Crippen LogP contribution in [0.3, 0.4) is 0 Å². The van der Waals surface area contributed by atoms with E-state index >= 15 is 0 Å². The molecule has 0 fully saturated rings. The van der Waals surface area contributed by atoms with Gasteiger partial charge < -0.3 is 4.74 Å². The van der Waals surface area contributed by atoms with Crippen molar-refractivity contribution >= 4 is 15.9 Å². The van der Waals surface area contributed by atoms with E-state index in [1.54, 1.807) is 0 Å². The Labute approximate surface area is 117 Å². The third kappa shape index (κ3) is 3.36. The first-order chi connectivity index (χ1) is 8.81. The van der Waals surface area contributed by atoms with E-state index in [0.717, 1.165) is 29.7 Å². The predicted molar refractivity (Wildman–Crippen MR) is 80.0 cm³/mol. The minimum atomic E-state index is 0.778. The van der Waals surface area contributed by atoms with E-state index in [9.17, 15) is 0 Å². The zero-order valence-corrected chi connectivity index (χ0v) is 12.1. The van der Waals surface area contributed by atoms with Gasteiger partial charge in [0.15, 0.2) is 0 Å². The molecule has 0 spiro atoms. The number of hydrogen-bond acceptors (Lipinski definition) is 1. The lowest BCUT2D eigenvalue weighted by Gasteiger charge is -2.09. The monoisotopic (exact) mass is 304 g/mol. The number of rotatable bonds is 5. The van der Waals surface area contributed by atoms with Gasteiger partial charge in [-0.1, -0.05) is 49.7 Å². The largest absolute Gasteiger partial charge is 0.492 e. The van der Waals surface area contributed by atoms with Gasteiger partial charge in [0, 0.05) is 0 Å². The van der Waals surface area contributed by atoms with Crippen molar-refractivity contribution < 1.29 is 4.74 Å². The van der Waals surface area contributed by atoms with E-state index in [2.05, 4.69) is 59.3 Å². The molecular weight excluding hydrogens is 288 g/mol. The minimum absolute atomic E-state index is 0.778. The Morgan fingerprint density at radius 1 is 1.00 bits per heavy atom. The summed E-state index contributed by atoms with van der Waals surface area (Å²) < 4.78 is 6.74. The van der Waals surface area contributed by atoms with E-state index in [1.807, 2.05) is 12.1 Å². The number of halogens is 1. The van der Waals surface area contributed by atoms with Gasteiger partial charge in [0.2, 0.25) is 0 Å². The molecule has 0 N–H and O–H groups in total. The van der Waals surface area contributed by atoms with Crippen LogP contribution in [0.15, 0.2) is 53.0 Å². The van der Waals surface area contributed by atoms with Crippen molar-refractivity contribution in [3.63, 3.8) is 0 Å². The van der Waals surface area contributed by atoms with Crippen LogP contribution >= 0.6 is 15.9 Å². The highest BCUT2D eigenvalue weighted by atomic mass is 79.9. The molecule has 2 rings (SSSR count). The first kappa shape index (κ1) is 13.2. The molecule has 0 bridgehead atoms. The van der Waals surface area contributed by atoms with Gasteiger partial charge in [0.1, 0.15) is 5.75 Å². The number of benzene rings is 2. The van der Waals surface area contributed by atoms with Gasteiger partial charge in [-0.15, -0.1) is 0 Å². The third-order valence-corrected chi connectivity index (χ3v) is 3.41. The zero-order chi connectivity index (χ0) is 12.8. The van der Waals surface area contributed by atoms with Crippen LogP contribution in [-0.4, -0.2) is 6.61 Å². The summed E-state index contributed by atoms with van der Waals surface area (Å²) in [6.45, 7) is 2.94. The molecule has 0 heterocycles. The average Bonchev–Trinajstić information content (AvgIpc) is 2.42. The Hall–Kier alpha value is -1.28. The van der Waals surface area contributed by atoms with Crippen LogP contribution in [0.25, 0.3) is 11.1 Å². The predicted octanol–water partition coefficient (Wildman–Crippen LogP) is 5.30. The molecule has 0 saturated heterocycles. The van der Waals surface area contributed by atoms with Crippen molar-refractivity contribution in [2.75, 3.05) is 6.61 Å². The van der Waals surface area contributed by atoms with Crippen LogP contribution < -0.4 is 4.74 Å². The molecule has 0 aromatic heterocycles. The Morgan fingerprint density at radius 3 is 2.44 bits per heavy atom. The van der Waals surface area contributed by atoms with Crippen molar-refractivity contribution in [2.45, 2.75) is 19.8 Å². The molecule has 0 saturated carbocycles. The first-order valence-electron chi connectivity index (χ1n) is 6.29. The van der Waals surface area contributed by atoms with Crippen molar-refractivity contribution in [3.8, 4) is 16.9 Å². The smallest absolute Gasteiger partial charge is 0.133 e. The van der Waals surface area contributed by atoms with Crippen LogP contribution in [0.2, 0.25) is 0 Å². The molecule has 2 heteroatoms. The fourth-order valence-electron chi connectivity index (χ4n) is 1.75. The summed E-state index contributed by atoms with van der Waals surface area (Å²) in [4.78, 5) is 0. The van der Waals surface area contributed by atoms with E-state index in [0.29, 0.717) is 0 Å². The Kier molecular flexibility index (Phi) is 4.82. The molecule has 18 heavy (non-hydrogen) atoms. The summed E-state index contributed by atoms with van der Waals surface area (Å²) >= 11 is 3.57. The maximum absolute atomic E-state index is 5.72. The summed E-state index contributed by atoms with van der Waals surface area (Å²) in [5, 5.41) is 0. The molecule has 2 aromatic rings. The second-order valence-corrected chi connectivity index (χ2v) is 5.07. The molecule has 0 aliphatic heterocycles. The third-order valence-electron chi connectivity index (χ3n) is 2.79. The van der Waals surface area contributed by atoms with Gasteiger partial charge in [0.25, 0.3) is 0 Å². The molecule has 2 aromatic carbocycles. The van der Waals surface area contributed by atoms with Crippen LogP contribution in [0.1, 0.15) is 19.8 Å². The zero-order valence-electron chi connectivity index (χ0n) is 10.5. The second kappa shape index (κ2) is 6.60. The molecule has 0 unspecified atom stereocenters. The summed E-state index contributed by atoms with van der Waals surface area (Å²) in [5.74, 6) is 0.920. The van der Waals surface area contributed by atoms with Crippen molar-refractivity contribution in [1.82, 2.24) is 0 Å². The van der Waals surface area contributed by atoms with E-state index < -0.39 is 0 Å². The Bertz CT molecular complexity index is 494. The molecule has 0 aliphatic carbocycles. The van der Waals surface area contributed by atoms with Gasteiger partial charge >= 0.3 is 0 Å². The SMILES string of the molecule is CCCCOc1ccc(-c2ccccc2)cc1Br. The van der Waals surface area contributed by atoms with Gasteiger partial charge in [0.05, 0.1) is 11.1 Å². The average molecular weight is 305 g/mol. The summed E-state index contributed by atoms with van der Waals surface area (Å²) in [7, 11) is 0. The van der Waals surface area contributed by atoms with Gasteiger partial charge in [-0.3, -0.25) is 0 Å². The van der Waals surface area contributed by atoms with E-state index in [-0.39, 0.29) is 0 Å². The van der Waals surface area contributed by atoms with Gasteiger partial charge in [-0.25, -0.2) is 0 Å². The van der Waals surface area contributed by atoms with E-state index in [4.69, 9.17) is 4.74 Å². The van der Waals surface area contributed by atoms with Crippen LogP contribution in [0.4, 0.5) is 0 Å². The quantitative estimate of drug-likeness (QED) is 0.682. The molecular formula is C16H17BrO. The molecule has 0 aliphatic rings. The normalized spacial score (nSPS) is 10.3. The minimum Gasteiger partial charge on any atom is -0.492 e. The van der Waals surface area contributed by atoms with Crippen molar-refractivity contribution in [1.29, 1.82) is 0 Å². The highest BCUT2D eigenvalue weighted by molar-refractivity contribution is 9.10. The number of hydrogen-bond donors (Lipinski definition) is 0. The summed E-state index contributed by atoms with van der Waals surface area (Å²) in [6, 6.07) is 16.6. The first-order valence-corrected chi connectivity index (χ1v) is 7.08. The maximum atomic E-state index is 5.72. The van der Waals surface area contributed by atoms with Gasteiger partial charge in [-0.05, 0) is 45.6 Å². The highest BCUT2D eigenvalue weighted by Gasteiger charge is 2.03. The molecule has 0 amide bonds. The molecule has 0 atom stereocenters.